The molecule has 0 amide bonds. The summed E-state index contributed by atoms with van der Waals surface area (Å²) in [7, 11) is 0. The lowest BCUT2D eigenvalue weighted by Gasteiger charge is -2.50. The van der Waals surface area contributed by atoms with Crippen molar-refractivity contribution in [2.45, 2.75) is 37.0 Å². The Morgan fingerprint density at radius 3 is 2.73 bits per heavy atom. The monoisotopic (exact) mass is 205 g/mol. The quantitative estimate of drug-likeness (QED) is 0.672. The van der Waals surface area contributed by atoms with Gasteiger partial charge in [0.1, 0.15) is 17.5 Å². The molecule has 80 valence electrons. The van der Waals surface area contributed by atoms with Crippen LogP contribution in [0.2, 0.25) is 0 Å². The zero-order valence-corrected chi connectivity index (χ0v) is 8.52. The molecule has 2 aliphatic rings. The highest BCUT2D eigenvalue weighted by molar-refractivity contribution is 5.40. The van der Waals surface area contributed by atoms with Gasteiger partial charge in [-0.3, -0.25) is 0 Å². The number of benzene rings is 1. The van der Waals surface area contributed by atoms with Gasteiger partial charge in [0.25, 0.3) is 0 Å². The van der Waals surface area contributed by atoms with Crippen molar-refractivity contribution in [3.63, 3.8) is 0 Å². The van der Waals surface area contributed by atoms with Gasteiger partial charge in [0.05, 0.1) is 6.04 Å². The molecular weight excluding hydrogens is 190 g/mol. The number of ether oxygens (including phenoxy) is 1. The molecule has 1 saturated carbocycles. The van der Waals surface area contributed by atoms with Gasteiger partial charge >= 0.3 is 0 Å². The topological polar surface area (TPSA) is 55.5 Å². The minimum atomic E-state index is -0.568. The summed E-state index contributed by atoms with van der Waals surface area (Å²) in [5, 5.41) is 10.1. The van der Waals surface area contributed by atoms with Crippen LogP contribution < -0.4 is 10.5 Å². The van der Waals surface area contributed by atoms with Crippen LogP contribution in [0.3, 0.4) is 0 Å². The molecule has 3 rings (SSSR count). The van der Waals surface area contributed by atoms with Crippen LogP contribution in [0.25, 0.3) is 0 Å². The van der Waals surface area contributed by atoms with Crippen molar-refractivity contribution in [2.24, 2.45) is 5.73 Å². The Morgan fingerprint density at radius 2 is 2.07 bits per heavy atom. The maximum atomic E-state index is 10.1. The predicted octanol–water partition coefficient (Wildman–Crippen LogP) is 1.36. The SMILES string of the molecule is N[C@H]1c2ccccc2OC2(CCC2)[C@@H]1O. The largest absolute Gasteiger partial charge is 0.484 e. The normalized spacial score (nSPS) is 31.6. The first-order valence-corrected chi connectivity index (χ1v) is 5.44. The standard InChI is InChI=1S/C12H15NO2/c13-10-8-4-1-2-5-9(8)15-12(11(10)14)6-3-7-12/h1-2,4-5,10-11,14H,3,6-7,13H2/t10-,11+/m0/s1. The fourth-order valence-corrected chi connectivity index (χ4v) is 2.55. The van der Waals surface area contributed by atoms with E-state index in [1.54, 1.807) is 0 Å². The molecule has 0 saturated heterocycles. The van der Waals surface area contributed by atoms with Crippen LogP contribution in [0.1, 0.15) is 30.9 Å². The third-order valence-electron chi connectivity index (χ3n) is 3.67. The highest BCUT2D eigenvalue weighted by Crippen LogP contribution is 2.47. The van der Waals surface area contributed by atoms with Crippen molar-refractivity contribution in [3.8, 4) is 5.75 Å². The van der Waals surface area contributed by atoms with E-state index in [1.807, 2.05) is 24.3 Å². The molecule has 1 aromatic rings. The first-order valence-electron chi connectivity index (χ1n) is 5.44. The van der Waals surface area contributed by atoms with Gasteiger partial charge < -0.3 is 15.6 Å². The number of para-hydroxylation sites is 1. The minimum Gasteiger partial charge on any atom is -0.484 e. The van der Waals surface area contributed by atoms with Crippen LogP contribution in [0.15, 0.2) is 24.3 Å². The highest BCUT2D eigenvalue weighted by Gasteiger charge is 2.51. The van der Waals surface area contributed by atoms with E-state index in [-0.39, 0.29) is 6.04 Å². The smallest absolute Gasteiger partial charge is 0.137 e. The summed E-state index contributed by atoms with van der Waals surface area (Å²) in [6, 6.07) is 7.41. The van der Waals surface area contributed by atoms with E-state index >= 15 is 0 Å². The molecular formula is C12H15NO2. The van der Waals surface area contributed by atoms with Gasteiger partial charge in [-0.25, -0.2) is 0 Å². The Hall–Kier alpha value is -1.06. The van der Waals surface area contributed by atoms with Gasteiger partial charge in [0, 0.05) is 5.56 Å². The fraction of sp³-hybridized carbons (Fsp3) is 0.500. The van der Waals surface area contributed by atoms with E-state index in [2.05, 4.69) is 0 Å². The summed E-state index contributed by atoms with van der Waals surface area (Å²) >= 11 is 0. The molecule has 3 heteroatoms. The zero-order chi connectivity index (χ0) is 10.5. The second-order valence-electron chi connectivity index (χ2n) is 4.53. The van der Waals surface area contributed by atoms with Crippen LogP contribution in [-0.2, 0) is 0 Å². The molecule has 0 bridgehead atoms. The summed E-state index contributed by atoms with van der Waals surface area (Å²) in [5.74, 6) is 0.843. The van der Waals surface area contributed by atoms with Crippen LogP contribution in [-0.4, -0.2) is 16.8 Å². The van der Waals surface area contributed by atoms with Gasteiger partial charge in [0.2, 0.25) is 0 Å². The molecule has 15 heavy (non-hydrogen) atoms. The van der Waals surface area contributed by atoms with Crippen molar-refractivity contribution >= 4 is 0 Å². The number of aliphatic hydroxyl groups excluding tert-OH is 1. The van der Waals surface area contributed by atoms with E-state index in [1.165, 1.54) is 0 Å². The molecule has 1 aromatic carbocycles. The number of aliphatic hydroxyl groups is 1. The molecule has 0 aromatic heterocycles. The second-order valence-corrected chi connectivity index (χ2v) is 4.53. The lowest BCUT2D eigenvalue weighted by molar-refractivity contribution is -0.127. The number of rotatable bonds is 0. The van der Waals surface area contributed by atoms with Gasteiger partial charge in [-0.2, -0.15) is 0 Å². The average molecular weight is 205 g/mol. The van der Waals surface area contributed by atoms with Gasteiger partial charge in [-0.1, -0.05) is 18.2 Å². The molecule has 1 aliphatic heterocycles. The summed E-state index contributed by atoms with van der Waals surface area (Å²) in [6.45, 7) is 0. The highest BCUT2D eigenvalue weighted by atomic mass is 16.5. The lowest BCUT2D eigenvalue weighted by atomic mass is 9.71. The van der Waals surface area contributed by atoms with Crippen LogP contribution in [0.4, 0.5) is 0 Å². The maximum absolute atomic E-state index is 10.1. The van der Waals surface area contributed by atoms with Crippen LogP contribution in [0.5, 0.6) is 5.75 Å². The minimum absolute atomic E-state index is 0.310. The summed E-state index contributed by atoms with van der Waals surface area (Å²) < 4.78 is 5.91. The van der Waals surface area contributed by atoms with Gasteiger partial charge in [-0.15, -0.1) is 0 Å². The number of hydrogen-bond acceptors (Lipinski definition) is 3. The van der Waals surface area contributed by atoms with Crippen molar-refractivity contribution in [2.75, 3.05) is 0 Å². The van der Waals surface area contributed by atoms with Crippen molar-refractivity contribution in [1.82, 2.24) is 0 Å². The molecule has 1 spiro atoms. The number of hydrogen-bond donors (Lipinski definition) is 2. The molecule has 1 aliphatic carbocycles. The molecule has 3 N–H and O–H groups in total. The number of nitrogens with two attached hydrogens (primary N) is 1. The second kappa shape index (κ2) is 2.97. The first kappa shape index (κ1) is 9.19. The summed E-state index contributed by atoms with van der Waals surface area (Å²) in [5.41, 5.74) is 6.57. The van der Waals surface area contributed by atoms with E-state index in [0.717, 1.165) is 30.6 Å². The van der Waals surface area contributed by atoms with E-state index < -0.39 is 11.7 Å². The Morgan fingerprint density at radius 1 is 1.33 bits per heavy atom. The Kier molecular flexibility index (Phi) is 1.82. The first-order chi connectivity index (χ1) is 7.23. The lowest BCUT2D eigenvalue weighted by Crippen LogP contribution is -2.59. The zero-order valence-electron chi connectivity index (χ0n) is 8.52. The average Bonchev–Trinajstić information content (AvgIpc) is 2.21. The van der Waals surface area contributed by atoms with E-state index in [4.69, 9.17) is 10.5 Å². The Bertz CT molecular complexity index is 387. The van der Waals surface area contributed by atoms with Crippen LogP contribution in [0, 0.1) is 0 Å². The van der Waals surface area contributed by atoms with Crippen molar-refractivity contribution < 1.29 is 9.84 Å². The maximum Gasteiger partial charge on any atom is 0.137 e. The number of fused-ring (bicyclic) bond motifs is 1. The predicted molar refractivity (Wildman–Crippen MR) is 56.6 cm³/mol. The Labute approximate surface area is 88.9 Å². The molecule has 0 unspecified atom stereocenters. The van der Waals surface area contributed by atoms with Crippen molar-refractivity contribution in [3.05, 3.63) is 29.8 Å². The summed E-state index contributed by atoms with van der Waals surface area (Å²) in [4.78, 5) is 0. The summed E-state index contributed by atoms with van der Waals surface area (Å²) in [6.07, 6.45) is 2.37. The van der Waals surface area contributed by atoms with Gasteiger partial charge in [0.15, 0.2) is 0 Å². The third-order valence-corrected chi connectivity index (χ3v) is 3.67. The van der Waals surface area contributed by atoms with E-state index in [0.29, 0.717) is 0 Å². The molecule has 0 radical (unpaired) electrons. The van der Waals surface area contributed by atoms with Crippen molar-refractivity contribution in [1.29, 1.82) is 0 Å². The Balaban J connectivity index is 2.05. The fourth-order valence-electron chi connectivity index (χ4n) is 2.55. The molecule has 2 atom stereocenters. The third kappa shape index (κ3) is 1.13. The van der Waals surface area contributed by atoms with Gasteiger partial charge in [-0.05, 0) is 25.3 Å². The molecule has 1 fully saturated rings. The molecule has 3 nitrogen and oxygen atoms in total. The van der Waals surface area contributed by atoms with Crippen LogP contribution >= 0.6 is 0 Å². The van der Waals surface area contributed by atoms with E-state index in [9.17, 15) is 5.11 Å². The molecule has 1 heterocycles.